The van der Waals surface area contributed by atoms with Gasteiger partial charge in [-0.1, -0.05) is 13.8 Å². The summed E-state index contributed by atoms with van der Waals surface area (Å²) in [4.78, 5) is 0. The molecule has 0 radical (unpaired) electrons. The third-order valence-electron chi connectivity index (χ3n) is 3.57. The zero-order chi connectivity index (χ0) is 11.7. The van der Waals surface area contributed by atoms with Gasteiger partial charge in [0.1, 0.15) is 0 Å². The predicted octanol–water partition coefficient (Wildman–Crippen LogP) is 0.722. The van der Waals surface area contributed by atoms with Crippen LogP contribution >= 0.6 is 0 Å². The van der Waals surface area contributed by atoms with Gasteiger partial charge in [-0.15, -0.1) is 0 Å². The highest BCUT2D eigenvalue weighted by atomic mass is 32.2. The van der Waals surface area contributed by atoms with Crippen LogP contribution in [0.4, 0.5) is 0 Å². The highest BCUT2D eigenvalue weighted by molar-refractivity contribution is 7.92. The highest BCUT2D eigenvalue weighted by Crippen LogP contribution is 2.45. The van der Waals surface area contributed by atoms with E-state index in [-0.39, 0.29) is 24.7 Å². The molecular weight excluding hydrogens is 214 g/mol. The molecule has 1 rings (SSSR count). The summed E-state index contributed by atoms with van der Waals surface area (Å²) in [6, 6.07) is 2.09. The van der Waals surface area contributed by atoms with Gasteiger partial charge in [-0.2, -0.15) is 5.26 Å². The van der Waals surface area contributed by atoms with Crippen molar-refractivity contribution in [2.45, 2.75) is 31.9 Å². The van der Waals surface area contributed by atoms with E-state index in [4.69, 9.17) is 5.26 Å². The quantitative estimate of drug-likeness (QED) is 0.776. The predicted molar refractivity (Wildman–Crippen MR) is 56.8 cm³/mol. The van der Waals surface area contributed by atoms with Crippen LogP contribution in [0.25, 0.3) is 0 Å². The van der Waals surface area contributed by atoms with E-state index < -0.39 is 20.5 Å². The van der Waals surface area contributed by atoms with Crippen molar-refractivity contribution in [2.75, 3.05) is 12.4 Å². The molecule has 0 amide bonds. The second-order valence-corrected chi connectivity index (χ2v) is 6.91. The summed E-state index contributed by atoms with van der Waals surface area (Å²) in [5.41, 5.74) is -0.854. The van der Waals surface area contributed by atoms with Crippen LogP contribution < -0.4 is 0 Å². The monoisotopic (exact) mass is 231 g/mol. The number of nitriles is 1. The van der Waals surface area contributed by atoms with Crippen molar-refractivity contribution >= 4 is 9.84 Å². The topological polar surface area (TPSA) is 78.2 Å². The average Bonchev–Trinajstić information content (AvgIpc) is 2.57. The lowest BCUT2D eigenvalue weighted by Gasteiger charge is -2.22. The first-order chi connectivity index (χ1) is 6.91. The molecule has 0 unspecified atom stereocenters. The highest BCUT2D eigenvalue weighted by Gasteiger charge is 2.48. The maximum Gasteiger partial charge on any atom is 0.152 e. The molecule has 0 bridgehead atoms. The Kier molecular flexibility index (Phi) is 3.41. The Morgan fingerprint density at radius 1 is 1.60 bits per heavy atom. The van der Waals surface area contributed by atoms with E-state index in [9.17, 15) is 13.5 Å². The first kappa shape index (κ1) is 12.5. The molecule has 0 aromatic heterocycles. The Morgan fingerprint density at radius 3 is 2.53 bits per heavy atom. The normalized spacial score (nSPS) is 36.4. The zero-order valence-corrected chi connectivity index (χ0v) is 9.92. The van der Waals surface area contributed by atoms with Crippen LogP contribution in [-0.2, 0) is 9.84 Å². The molecule has 1 fully saturated rings. The van der Waals surface area contributed by atoms with E-state index in [1.54, 1.807) is 6.92 Å². The Morgan fingerprint density at radius 2 is 2.20 bits per heavy atom. The summed E-state index contributed by atoms with van der Waals surface area (Å²) in [7, 11) is -3.08. The average molecular weight is 231 g/mol. The molecule has 0 aliphatic heterocycles. The summed E-state index contributed by atoms with van der Waals surface area (Å²) in [5, 5.41) is 17.8. The van der Waals surface area contributed by atoms with Gasteiger partial charge in [0.15, 0.2) is 9.84 Å². The molecule has 15 heavy (non-hydrogen) atoms. The molecule has 3 atom stereocenters. The maximum atomic E-state index is 11.7. The molecule has 4 nitrogen and oxygen atoms in total. The molecular formula is C10H17NO3S. The van der Waals surface area contributed by atoms with Crippen molar-refractivity contribution in [2.24, 2.45) is 11.3 Å². The molecule has 0 saturated heterocycles. The third-order valence-corrected chi connectivity index (χ3v) is 5.75. The van der Waals surface area contributed by atoms with Gasteiger partial charge in [-0.25, -0.2) is 8.42 Å². The maximum absolute atomic E-state index is 11.7. The number of aliphatic hydroxyl groups is 1. The Balaban J connectivity index is 2.95. The van der Waals surface area contributed by atoms with E-state index >= 15 is 0 Å². The van der Waals surface area contributed by atoms with Crippen molar-refractivity contribution in [3.63, 3.8) is 0 Å². The largest absolute Gasteiger partial charge is 0.395 e. The summed E-state index contributed by atoms with van der Waals surface area (Å²) in [5.74, 6) is 0.0518. The lowest BCUT2D eigenvalue weighted by atomic mass is 9.81. The first-order valence-corrected chi connectivity index (χ1v) is 6.87. The summed E-state index contributed by atoms with van der Waals surface area (Å²) >= 11 is 0. The molecule has 1 saturated carbocycles. The summed E-state index contributed by atoms with van der Waals surface area (Å²) < 4.78 is 23.4. The van der Waals surface area contributed by atoms with Gasteiger partial charge < -0.3 is 5.11 Å². The minimum absolute atomic E-state index is 0.0566. The van der Waals surface area contributed by atoms with Gasteiger partial charge in [-0.05, 0) is 18.8 Å². The van der Waals surface area contributed by atoms with Crippen molar-refractivity contribution in [1.29, 1.82) is 5.26 Å². The van der Waals surface area contributed by atoms with E-state index in [0.717, 1.165) is 0 Å². The first-order valence-electron chi connectivity index (χ1n) is 5.15. The fourth-order valence-corrected chi connectivity index (χ4v) is 3.84. The summed E-state index contributed by atoms with van der Waals surface area (Å²) in [6.45, 7) is 3.20. The molecule has 1 aliphatic rings. The standard InChI is InChI=1S/C10H17NO3S/c1-3-15(13,14)9-4-8(2)10(5-9,6-11)7-12/h8-9,12H,3-5,7H2,1-2H3/t8-,9-,10+/m1/s1. The van der Waals surface area contributed by atoms with Crippen molar-refractivity contribution < 1.29 is 13.5 Å². The van der Waals surface area contributed by atoms with Crippen LogP contribution in [0.1, 0.15) is 26.7 Å². The van der Waals surface area contributed by atoms with Crippen LogP contribution in [0, 0.1) is 22.7 Å². The number of hydrogen-bond acceptors (Lipinski definition) is 4. The van der Waals surface area contributed by atoms with Crippen LogP contribution in [0.15, 0.2) is 0 Å². The third kappa shape index (κ3) is 2.01. The Labute approximate surface area is 90.8 Å². The van der Waals surface area contributed by atoms with Crippen LogP contribution in [0.5, 0.6) is 0 Å². The fraction of sp³-hybridized carbons (Fsp3) is 0.900. The van der Waals surface area contributed by atoms with Gasteiger partial charge in [0.2, 0.25) is 0 Å². The molecule has 5 heteroatoms. The van der Waals surface area contributed by atoms with Crippen molar-refractivity contribution in [3.8, 4) is 6.07 Å². The van der Waals surface area contributed by atoms with Gasteiger partial charge in [0.05, 0.1) is 23.3 Å². The van der Waals surface area contributed by atoms with E-state index in [0.29, 0.717) is 6.42 Å². The van der Waals surface area contributed by atoms with Crippen molar-refractivity contribution in [3.05, 3.63) is 0 Å². The van der Waals surface area contributed by atoms with Crippen molar-refractivity contribution in [1.82, 2.24) is 0 Å². The van der Waals surface area contributed by atoms with E-state index in [2.05, 4.69) is 6.07 Å². The Bertz CT molecular complexity index is 371. The summed E-state index contributed by atoms with van der Waals surface area (Å²) in [6.07, 6.45) is 0.766. The minimum Gasteiger partial charge on any atom is -0.395 e. The van der Waals surface area contributed by atoms with E-state index in [1.165, 1.54) is 0 Å². The molecule has 86 valence electrons. The molecule has 0 aromatic rings. The van der Waals surface area contributed by atoms with Gasteiger partial charge in [0, 0.05) is 5.75 Å². The second kappa shape index (κ2) is 4.11. The molecule has 0 spiro atoms. The smallest absolute Gasteiger partial charge is 0.152 e. The zero-order valence-electron chi connectivity index (χ0n) is 9.10. The van der Waals surface area contributed by atoms with E-state index in [1.807, 2.05) is 6.92 Å². The Hall–Kier alpha value is -0.600. The fourth-order valence-electron chi connectivity index (χ4n) is 2.23. The molecule has 0 aromatic carbocycles. The van der Waals surface area contributed by atoms with Gasteiger partial charge in [0.25, 0.3) is 0 Å². The lowest BCUT2D eigenvalue weighted by Crippen LogP contribution is -2.27. The van der Waals surface area contributed by atoms with Crippen LogP contribution in [0.2, 0.25) is 0 Å². The molecule has 1 aliphatic carbocycles. The van der Waals surface area contributed by atoms with Crippen LogP contribution in [-0.4, -0.2) is 31.1 Å². The number of sulfone groups is 1. The molecule has 1 N–H and O–H groups in total. The van der Waals surface area contributed by atoms with Gasteiger partial charge >= 0.3 is 0 Å². The number of nitrogens with zero attached hydrogens (tertiary/aromatic N) is 1. The number of hydrogen-bond donors (Lipinski definition) is 1. The number of rotatable bonds is 3. The van der Waals surface area contributed by atoms with Gasteiger partial charge in [-0.3, -0.25) is 0 Å². The molecule has 0 heterocycles. The number of aliphatic hydroxyl groups excluding tert-OH is 1. The second-order valence-electron chi connectivity index (χ2n) is 4.34. The lowest BCUT2D eigenvalue weighted by molar-refractivity contribution is 0.144. The SMILES string of the molecule is CCS(=O)(=O)[C@@H]1C[C@@H](C)[C@@](C#N)(CO)C1. The van der Waals surface area contributed by atoms with Crippen LogP contribution in [0.3, 0.4) is 0 Å². The minimum atomic E-state index is -3.08.